The van der Waals surface area contributed by atoms with Gasteiger partial charge in [0.2, 0.25) is 0 Å². The zero-order valence-corrected chi connectivity index (χ0v) is 17.1. The lowest BCUT2D eigenvalue weighted by Gasteiger charge is -2.05. The Balaban J connectivity index is 1.63. The molecule has 0 fully saturated rings. The summed E-state index contributed by atoms with van der Waals surface area (Å²) in [6.07, 6.45) is -0.0752. The summed E-state index contributed by atoms with van der Waals surface area (Å²) in [6, 6.07) is 24.7. The number of aromatic nitrogens is 1. The van der Waals surface area contributed by atoms with Crippen LogP contribution in [0.5, 0.6) is 17.2 Å². The fourth-order valence-corrected chi connectivity index (χ4v) is 4.08. The average molecular weight is 417 g/mol. The first-order valence-corrected chi connectivity index (χ1v) is 10.1. The maximum atomic E-state index is 11.4. The van der Waals surface area contributed by atoms with Crippen molar-refractivity contribution >= 4 is 17.3 Å². The van der Waals surface area contributed by atoms with E-state index in [2.05, 4.69) is 0 Å². The second kappa shape index (κ2) is 8.80. The minimum atomic E-state index is -0.883. The van der Waals surface area contributed by atoms with Gasteiger partial charge in [-0.15, -0.1) is 11.3 Å². The molecule has 0 aliphatic rings. The summed E-state index contributed by atoms with van der Waals surface area (Å²) in [5.41, 5.74) is 2.45. The molecule has 3 aromatic carbocycles. The maximum Gasteiger partial charge on any atom is 0.308 e. The first-order chi connectivity index (χ1) is 14.6. The number of carboxylic acid groups (broad SMARTS) is 1. The van der Waals surface area contributed by atoms with Crippen molar-refractivity contribution in [3.05, 3.63) is 83.7 Å². The molecule has 0 aliphatic carbocycles. The van der Waals surface area contributed by atoms with E-state index in [1.54, 1.807) is 7.11 Å². The summed E-state index contributed by atoms with van der Waals surface area (Å²) in [6.45, 7) is 0. The number of thiazole rings is 1. The van der Waals surface area contributed by atoms with E-state index in [9.17, 15) is 9.90 Å². The molecular formula is C24H19NO4S. The van der Waals surface area contributed by atoms with Gasteiger partial charge in [-0.2, -0.15) is 0 Å². The van der Waals surface area contributed by atoms with Crippen LogP contribution >= 0.6 is 11.3 Å². The van der Waals surface area contributed by atoms with Crippen LogP contribution in [0.4, 0.5) is 0 Å². The van der Waals surface area contributed by atoms with Gasteiger partial charge in [-0.1, -0.05) is 18.2 Å². The van der Waals surface area contributed by atoms with E-state index >= 15 is 0 Å². The molecule has 5 nitrogen and oxygen atoms in total. The van der Waals surface area contributed by atoms with E-state index < -0.39 is 5.97 Å². The van der Waals surface area contributed by atoms with Crippen molar-refractivity contribution in [3.8, 4) is 39.1 Å². The Morgan fingerprint density at radius 2 is 1.47 bits per heavy atom. The normalized spacial score (nSPS) is 10.6. The average Bonchev–Trinajstić information content (AvgIpc) is 3.18. The lowest BCUT2D eigenvalue weighted by molar-refractivity contribution is -0.136. The highest BCUT2D eigenvalue weighted by atomic mass is 32.1. The molecule has 0 bridgehead atoms. The molecule has 0 spiro atoms. The molecule has 0 aliphatic heterocycles. The van der Waals surface area contributed by atoms with E-state index in [1.807, 2.05) is 78.9 Å². The van der Waals surface area contributed by atoms with Gasteiger partial charge in [0.25, 0.3) is 0 Å². The molecule has 1 heterocycles. The number of rotatable bonds is 7. The second-order valence-corrected chi connectivity index (χ2v) is 7.61. The van der Waals surface area contributed by atoms with E-state index in [0.717, 1.165) is 33.4 Å². The van der Waals surface area contributed by atoms with E-state index in [0.29, 0.717) is 10.6 Å². The highest BCUT2D eigenvalue weighted by molar-refractivity contribution is 7.15. The van der Waals surface area contributed by atoms with E-state index in [1.165, 1.54) is 11.3 Å². The molecule has 150 valence electrons. The van der Waals surface area contributed by atoms with Crippen molar-refractivity contribution < 1.29 is 19.4 Å². The van der Waals surface area contributed by atoms with Gasteiger partial charge >= 0.3 is 5.97 Å². The fourth-order valence-electron chi connectivity index (χ4n) is 3.00. The number of aliphatic carboxylic acids is 1. The molecule has 4 aromatic rings. The quantitative estimate of drug-likeness (QED) is 0.405. The number of hydrogen-bond donors (Lipinski definition) is 1. The number of carboxylic acids is 1. The molecule has 6 heteroatoms. The molecule has 0 atom stereocenters. The molecule has 1 N–H and O–H groups in total. The predicted octanol–water partition coefficient (Wildman–Crippen LogP) is 5.91. The Bertz CT molecular complexity index is 1140. The lowest BCUT2D eigenvalue weighted by Crippen LogP contribution is -1.99. The summed E-state index contributed by atoms with van der Waals surface area (Å²) in [5, 5.41) is 10.1. The minimum Gasteiger partial charge on any atom is -0.497 e. The van der Waals surface area contributed by atoms with Crippen LogP contribution in [0.15, 0.2) is 78.9 Å². The Morgan fingerprint density at radius 1 is 0.867 bits per heavy atom. The van der Waals surface area contributed by atoms with Gasteiger partial charge in [0, 0.05) is 16.0 Å². The molecule has 30 heavy (non-hydrogen) atoms. The van der Waals surface area contributed by atoms with Crippen molar-refractivity contribution in [2.24, 2.45) is 0 Å². The Kier molecular flexibility index (Phi) is 5.77. The molecule has 0 saturated carbocycles. The van der Waals surface area contributed by atoms with E-state index in [-0.39, 0.29) is 6.42 Å². The van der Waals surface area contributed by atoms with Crippen molar-refractivity contribution in [2.45, 2.75) is 6.42 Å². The Labute approximate surface area is 178 Å². The highest BCUT2D eigenvalue weighted by Gasteiger charge is 2.17. The van der Waals surface area contributed by atoms with Gasteiger partial charge in [-0.3, -0.25) is 4.79 Å². The third kappa shape index (κ3) is 4.50. The summed E-state index contributed by atoms with van der Waals surface area (Å²) in [7, 11) is 1.61. The second-order valence-electron chi connectivity index (χ2n) is 6.53. The molecule has 0 saturated heterocycles. The Morgan fingerprint density at radius 3 is 2.10 bits per heavy atom. The van der Waals surface area contributed by atoms with Gasteiger partial charge < -0.3 is 14.6 Å². The fraction of sp³-hybridized carbons (Fsp3) is 0.0833. The number of hydrogen-bond acceptors (Lipinski definition) is 5. The number of nitrogens with zero attached hydrogens (tertiary/aromatic N) is 1. The number of methoxy groups -OCH3 is 1. The third-order valence-electron chi connectivity index (χ3n) is 4.45. The standard InChI is InChI=1S/C24H19NO4S/c1-28-18-11-7-16(8-12-18)23-21(15-22(26)27)30-24(25-23)17-9-13-20(14-10-17)29-19-5-3-2-4-6-19/h2-14H,15H2,1H3,(H,26,27). The monoisotopic (exact) mass is 417 g/mol. The lowest BCUT2D eigenvalue weighted by atomic mass is 10.1. The largest absolute Gasteiger partial charge is 0.497 e. The van der Waals surface area contributed by atoms with Crippen molar-refractivity contribution in [2.75, 3.05) is 7.11 Å². The molecule has 0 amide bonds. The highest BCUT2D eigenvalue weighted by Crippen LogP contribution is 2.35. The van der Waals surface area contributed by atoms with Gasteiger partial charge in [0.1, 0.15) is 22.3 Å². The van der Waals surface area contributed by atoms with Crippen LogP contribution in [0.25, 0.3) is 21.8 Å². The van der Waals surface area contributed by atoms with Gasteiger partial charge in [0.15, 0.2) is 0 Å². The minimum absolute atomic E-state index is 0.0752. The number of benzene rings is 3. The Hall–Kier alpha value is -3.64. The molecule has 1 aromatic heterocycles. The van der Waals surface area contributed by atoms with Crippen LogP contribution in [-0.4, -0.2) is 23.2 Å². The molecule has 4 rings (SSSR count). The molecular weight excluding hydrogens is 398 g/mol. The van der Waals surface area contributed by atoms with Crippen LogP contribution in [0.2, 0.25) is 0 Å². The summed E-state index contributed by atoms with van der Waals surface area (Å²) >= 11 is 1.39. The zero-order valence-electron chi connectivity index (χ0n) is 16.2. The van der Waals surface area contributed by atoms with Crippen molar-refractivity contribution in [1.82, 2.24) is 4.98 Å². The van der Waals surface area contributed by atoms with Crippen LogP contribution in [0.3, 0.4) is 0 Å². The van der Waals surface area contributed by atoms with Crippen molar-refractivity contribution in [1.29, 1.82) is 0 Å². The summed E-state index contributed by atoms with van der Waals surface area (Å²) in [5.74, 6) is 1.35. The SMILES string of the molecule is COc1ccc(-c2nc(-c3ccc(Oc4ccccc4)cc3)sc2CC(=O)O)cc1. The number of ether oxygens (including phenoxy) is 2. The topological polar surface area (TPSA) is 68.7 Å². The maximum absolute atomic E-state index is 11.4. The van der Waals surface area contributed by atoms with Gasteiger partial charge in [-0.05, 0) is 60.7 Å². The molecule has 0 unspecified atom stereocenters. The van der Waals surface area contributed by atoms with Crippen LogP contribution in [-0.2, 0) is 11.2 Å². The number of para-hydroxylation sites is 1. The first kappa shape index (κ1) is 19.7. The number of carbonyl (C=O) groups is 1. The predicted molar refractivity (Wildman–Crippen MR) is 117 cm³/mol. The van der Waals surface area contributed by atoms with Gasteiger partial charge in [-0.25, -0.2) is 4.98 Å². The van der Waals surface area contributed by atoms with Crippen LogP contribution < -0.4 is 9.47 Å². The smallest absolute Gasteiger partial charge is 0.308 e. The van der Waals surface area contributed by atoms with E-state index in [4.69, 9.17) is 14.5 Å². The van der Waals surface area contributed by atoms with Crippen LogP contribution in [0.1, 0.15) is 4.88 Å². The van der Waals surface area contributed by atoms with Crippen molar-refractivity contribution in [3.63, 3.8) is 0 Å². The first-order valence-electron chi connectivity index (χ1n) is 9.31. The zero-order chi connectivity index (χ0) is 20.9. The third-order valence-corrected chi connectivity index (χ3v) is 5.56. The summed E-state index contributed by atoms with van der Waals surface area (Å²) in [4.78, 5) is 16.8. The molecule has 0 radical (unpaired) electrons. The van der Waals surface area contributed by atoms with Crippen LogP contribution in [0, 0.1) is 0 Å². The summed E-state index contributed by atoms with van der Waals surface area (Å²) < 4.78 is 11.0. The van der Waals surface area contributed by atoms with Gasteiger partial charge in [0.05, 0.1) is 19.2 Å².